The van der Waals surface area contributed by atoms with Crippen molar-refractivity contribution >= 4 is 38.5 Å². The van der Waals surface area contributed by atoms with Gasteiger partial charge in [0.1, 0.15) is 0 Å². The first-order valence-corrected chi connectivity index (χ1v) is 7.37. The van der Waals surface area contributed by atoms with Crippen LogP contribution < -0.4 is 4.72 Å². The molecule has 6 heteroatoms. The summed E-state index contributed by atoms with van der Waals surface area (Å²) in [5, 5.41) is 0. The molecule has 16 heavy (non-hydrogen) atoms. The van der Waals surface area contributed by atoms with Crippen molar-refractivity contribution in [2.45, 2.75) is 19.9 Å². The fourth-order valence-electron chi connectivity index (χ4n) is 1.03. The van der Waals surface area contributed by atoms with Gasteiger partial charge in [0, 0.05) is 16.7 Å². The number of rotatable bonds is 4. The van der Waals surface area contributed by atoms with Gasteiger partial charge < -0.3 is 0 Å². The largest absolute Gasteiger partial charge is 0.301 e. The average Bonchev–Trinajstić information content (AvgIpc) is 2.20. The van der Waals surface area contributed by atoms with Crippen LogP contribution in [0.1, 0.15) is 13.8 Å². The highest BCUT2D eigenvalue weighted by Crippen LogP contribution is 2.19. The van der Waals surface area contributed by atoms with Crippen LogP contribution in [0.5, 0.6) is 0 Å². The van der Waals surface area contributed by atoms with E-state index in [1.54, 1.807) is 19.2 Å². The second-order valence-electron chi connectivity index (χ2n) is 3.70. The zero-order valence-corrected chi connectivity index (χ0v) is 12.4. The summed E-state index contributed by atoms with van der Waals surface area (Å²) in [6, 6.07) is 7.20. The van der Waals surface area contributed by atoms with E-state index in [9.17, 15) is 8.42 Å². The summed E-state index contributed by atoms with van der Waals surface area (Å²) in [6.07, 6.45) is 0. The predicted octanol–water partition coefficient (Wildman–Crippen LogP) is 2.29. The standard InChI is InChI=1S/C10H15IN2O2S/c1-8(2)13(3)16(14,15)12-10-7-5-4-6-9(10)11/h4-8,12H,1-3H3. The summed E-state index contributed by atoms with van der Waals surface area (Å²) in [5.74, 6) is 0. The fraction of sp³-hybridized carbons (Fsp3) is 0.400. The molecule has 0 saturated heterocycles. The van der Waals surface area contributed by atoms with Gasteiger partial charge in [0.25, 0.3) is 0 Å². The highest BCUT2D eigenvalue weighted by Gasteiger charge is 2.20. The Balaban J connectivity index is 2.94. The van der Waals surface area contributed by atoms with Crippen LogP contribution in [0.15, 0.2) is 24.3 Å². The Morgan fingerprint density at radius 3 is 2.38 bits per heavy atom. The van der Waals surface area contributed by atoms with Crippen molar-refractivity contribution in [2.24, 2.45) is 0 Å². The number of hydrogen-bond donors (Lipinski definition) is 1. The molecule has 0 aromatic heterocycles. The number of benzene rings is 1. The first-order valence-electron chi connectivity index (χ1n) is 4.85. The Hall–Kier alpha value is -0.340. The van der Waals surface area contributed by atoms with Gasteiger partial charge in [-0.25, -0.2) is 0 Å². The van der Waals surface area contributed by atoms with Gasteiger partial charge in [-0.05, 0) is 48.6 Å². The van der Waals surface area contributed by atoms with Crippen molar-refractivity contribution in [3.05, 3.63) is 27.8 Å². The van der Waals surface area contributed by atoms with Crippen LogP contribution in [0.2, 0.25) is 0 Å². The lowest BCUT2D eigenvalue weighted by Crippen LogP contribution is -2.37. The van der Waals surface area contributed by atoms with Crippen molar-refractivity contribution in [3.63, 3.8) is 0 Å². The Bertz CT molecular complexity index is 460. The highest BCUT2D eigenvalue weighted by molar-refractivity contribution is 14.1. The lowest BCUT2D eigenvalue weighted by Gasteiger charge is -2.22. The van der Waals surface area contributed by atoms with E-state index in [2.05, 4.69) is 27.3 Å². The highest BCUT2D eigenvalue weighted by atomic mass is 127. The summed E-state index contributed by atoms with van der Waals surface area (Å²) >= 11 is 2.10. The van der Waals surface area contributed by atoms with Crippen LogP contribution in [0.3, 0.4) is 0 Å². The Labute approximate surface area is 110 Å². The van der Waals surface area contributed by atoms with E-state index < -0.39 is 10.2 Å². The van der Waals surface area contributed by atoms with E-state index in [0.717, 1.165) is 3.57 Å². The van der Waals surface area contributed by atoms with Crippen molar-refractivity contribution in [1.82, 2.24) is 4.31 Å². The van der Waals surface area contributed by atoms with Crippen molar-refractivity contribution in [2.75, 3.05) is 11.8 Å². The lowest BCUT2D eigenvalue weighted by atomic mass is 10.3. The minimum atomic E-state index is -3.46. The van der Waals surface area contributed by atoms with E-state index in [-0.39, 0.29) is 6.04 Å². The Morgan fingerprint density at radius 2 is 1.88 bits per heavy atom. The monoisotopic (exact) mass is 354 g/mol. The van der Waals surface area contributed by atoms with Gasteiger partial charge >= 0.3 is 10.2 Å². The van der Waals surface area contributed by atoms with Gasteiger partial charge in [-0.3, -0.25) is 4.72 Å². The SMILES string of the molecule is CC(C)N(C)S(=O)(=O)Nc1ccccc1I. The molecule has 0 saturated carbocycles. The molecular formula is C10H15IN2O2S. The summed E-state index contributed by atoms with van der Waals surface area (Å²) < 4.78 is 28.5. The quantitative estimate of drug-likeness (QED) is 0.844. The minimum Gasteiger partial charge on any atom is -0.270 e. The molecule has 0 spiro atoms. The summed E-state index contributed by atoms with van der Waals surface area (Å²) in [6.45, 7) is 3.66. The van der Waals surface area contributed by atoms with Gasteiger partial charge in [-0.15, -0.1) is 0 Å². The molecule has 0 unspecified atom stereocenters. The van der Waals surface area contributed by atoms with E-state index in [0.29, 0.717) is 5.69 Å². The second kappa shape index (κ2) is 5.33. The smallest absolute Gasteiger partial charge is 0.270 e. The van der Waals surface area contributed by atoms with Crippen LogP contribution in [0.4, 0.5) is 5.69 Å². The van der Waals surface area contributed by atoms with Crippen LogP contribution in [0.25, 0.3) is 0 Å². The third-order valence-corrected chi connectivity index (χ3v) is 4.82. The Morgan fingerprint density at radius 1 is 1.31 bits per heavy atom. The van der Waals surface area contributed by atoms with Gasteiger partial charge in [-0.1, -0.05) is 12.1 Å². The van der Waals surface area contributed by atoms with E-state index >= 15 is 0 Å². The number of hydrogen-bond acceptors (Lipinski definition) is 2. The lowest BCUT2D eigenvalue weighted by molar-refractivity contribution is 0.414. The van der Waals surface area contributed by atoms with Gasteiger partial charge in [-0.2, -0.15) is 12.7 Å². The second-order valence-corrected chi connectivity index (χ2v) is 6.59. The molecule has 0 amide bonds. The van der Waals surface area contributed by atoms with Crippen molar-refractivity contribution < 1.29 is 8.42 Å². The topological polar surface area (TPSA) is 49.4 Å². The number of nitrogens with one attached hydrogen (secondary N) is 1. The average molecular weight is 354 g/mol. The molecule has 0 aliphatic heterocycles. The molecule has 0 fully saturated rings. The zero-order valence-electron chi connectivity index (χ0n) is 9.44. The number of nitrogens with zero attached hydrogens (tertiary/aromatic N) is 1. The zero-order chi connectivity index (χ0) is 12.3. The van der Waals surface area contributed by atoms with Crippen molar-refractivity contribution in [1.29, 1.82) is 0 Å². The third-order valence-electron chi connectivity index (χ3n) is 2.22. The number of para-hydroxylation sites is 1. The first kappa shape index (κ1) is 13.7. The molecule has 0 aliphatic rings. The molecular weight excluding hydrogens is 339 g/mol. The third kappa shape index (κ3) is 3.33. The van der Waals surface area contributed by atoms with Crippen LogP contribution in [-0.2, 0) is 10.2 Å². The molecule has 1 rings (SSSR count). The fourth-order valence-corrected chi connectivity index (χ4v) is 2.89. The number of anilines is 1. The van der Waals surface area contributed by atoms with Gasteiger partial charge in [0.05, 0.1) is 5.69 Å². The first-order chi connectivity index (χ1) is 7.34. The van der Waals surface area contributed by atoms with E-state index in [1.807, 2.05) is 26.0 Å². The van der Waals surface area contributed by atoms with Gasteiger partial charge in [0.2, 0.25) is 0 Å². The summed E-state index contributed by atoms with van der Waals surface area (Å²) in [5.41, 5.74) is 0.607. The molecule has 0 radical (unpaired) electrons. The van der Waals surface area contributed by atoms with E-state index in [4.69, 9.17) is 0 Å². The maximum atomic E-state index is 11.9. The maximum absolute atomic E-state index is 11.9. The molecule has 0 aliphatic carbocycles. The van der Waals surface area contributed by atoms with Crippen molar-refractivity contribution in [3.8, 4) is 0 Å². The predicted molar refractivity (Wildman–Crippen MR) is 74.6 cm³/mol. The molecule has 1 aromatic carbocycles. The molecule has 90 valence electrons. The summed E-state index contributed by atoms with van der Waals surface area (Å²) in [7, 11) is -1.90. The minimum absolute atomic E-state index is 0.0705. The molecule has 1 aromatic rings. The normalized spacial score (nSPS) is 12.1. The number of halogens is 1. The maximum Gasteiger partial charge on any atom is 0.301 e. The molecule has 0 atom stereocenters. The molecule has 1 N–H and O–H groups in total. The molecule has 4 nitrogen and oxygen atoms in total. The molecule has 0 bridgehead atoms. The van der Waals surface area contributed by atoms with Gasteiger partial charge in [0.15, 0.2) is 0 Å². The van der Waals surface area contributed by atoms with Crippen LogP contribution in [0, 0.1) is 3.57 Å². The van der Waals surface area contributed by atoms with Crippen LogP contribution >= 0.6 is 22.6 Å². The van der Waals surface area contributed by atoms with E-state index in [1.165, 1.54) is 4.31 Å². The Kier molecular flexibility index (Phi) is 4.57. The van der Waals surface area contributed by atoms with Crippen LogP contribution in [-0.4, -0.2) is 25.8 Å². The summed E-state index contributed by atoms with van der Waals surface area (Å²) in [4.78, 5) is 0. The molecule has 0 heterocycles.